The van der Waals surface area contributed by atoms with Gasteiger partial charge < -0.3 is 15.1 Å². The number of hydrogen-bond donors (Lipinski definition) is 1. The highest BCUT2D eigenvalue weighted by Crippen LogP contribution is 2.14. The quantitative estimate of drug-likeness (QED) is 0.782. The molecule has 1 atom stereocenters. The smallest absolute Gasteiger partial charge is 0.222 e. The number of amides is 1. The lowest BCUT2D eigenvalue weighted by atomic mass is 10.1. The molecule has 1 aromatic carbocycles. The maximum absolute atomic E-state index is 12.2. The lowest BCUT2D eigenvalue weighted by molar-refractivity contribution is -0.131. The van der Waals surface area contributed by atoms with Gasteiger partial charge in [-0.1, -0.05) is 30.7 Å². The first kappa shape index (κ1) is 19.2. The van der Waals surface area contributed by atoms with Crippen molar-refractivity contribution in [2.75, 3.05) is 39.3 Å². The van der Waals surface area contributed by atoms with E-state index in [9.17, 15) is 4.79 Å². The van der Waals surface area contributed by atoms with E-state index < -0.39 is 0 Å². The molecule has 1 aromatic rings. The van der Waals surface area contributed by atoms with Crippen molar-refractivity contribution in [3.63, 3.8) is 0 Å². The molecule has 0 bridgehead atoms. The molecule has 24 heavy (non-hydrogen) atoms. The molecule has 0 saturated carbocycles. The summed E-state index contributed by atoms with van der Waals surface area (Å²) in [4.78, 5) is 16.7. The van der Waals surface area contributed by atoms with Gasteiger partial charge in [-0.2, -0.15) is 0 Å². The fourth-order valence-electron chi connectivity index (χ4n) is 3.29. The van der Waals surface area contributed by atoms with Gasteiger partial charge in [-0.25, -0.2) is 0 Å². The Kier molecular flexibility index (Phi) is 8.03. The fraction of sp³-hybridized carbons (Fsp3) is 0.632. The molecule has 0 spiro atoms. The summed E-state index contributed by atoms with van der Waals surface area (Å²) in [6, 6.07) is 8.56. The van der Waals surface area contributed by atoms with E-state index >= 15 is 0 Å². The minimum absolute atomic E-state index is 0.304. The van der Waals surface area contributed by atoms with Gasteiger partial charge in [0.1, 0.15) is 0 Å². The third-order valence-electron chi connectivity index (χ3n) is 4.78. The highest BCUT2D eigenvalue weighted by molar-refractivity contribution is 6.30. The summed E-state index contributed by atoms with van der Waals surface area (Å²) in [5, 5.41) is 4.07. The summed E-state index contributed by atoms with van der Waals surface area (Å²) in [6.07, 6.45) is 2.60. The van der Waals surface area contributed by atoms with Crippen LogP contribution in [0.25, 0.3) is 0 Å². The summed E-state index contributed by atoms with van der Waals surface area (Å²) in [5.74, 6) is 0.304. The van der Waals surface area contributed by atoms with Crippen molar-refractivity contribution in [3.05, 3.63) is 34.9 Å². The molecule has 0 aromatic heterocycles. The van der Waals surface area contributed by atoms with Crippen LogP contribution >= 0.6 is 11.6 Å². The Morgan fingerprint density at radius 2 is 1.96 bits per heavy atom. The van der Waals surface area contributed by atoms with Gasteiger partial charge in [0.2, 0.25) is 5.91 Å². The first-order valence-electron chi connectivity index (χ1n) is 9.07. The van der Waals surface area contributed by atoms with E-state index in [-0.39, 0.29) is 0 Å². The van der Waals surface area contributed by atoms with Gasteiger partial charge in [-0.3, -0.25) is 4.79 Å². The van der Waals surface area contributed by atoms with Crippen LogP contribution in [-0.4, -0.2) is 61.0 Å². The number of hydrogen-bond acceptors (Lipinski definition) is 3. The molecule has 134 valence electrons. The molecule has 1 heterocycles. The second-order valence-electron chi connectivity index (χ2n) is 6.54. The molecular weight excluding hydrogens is 322 g/mol. The Morgan fingerprint density at radius 3 is 2.58 bits per heavy atom. The number of halogens is 1. The van der Waals surface area contributed by atoms with Gasteiger partial charge in [0.15, 0.2) is 0 Å². The van der Waals surface area contributed by atoms with Gasteiger partial charge in [0, 0.05) is 43.7 Å². The second kappa shape index (κ2) is 10.0. The summed E-state index contributed by atoms with van der Waals surface area (Å²) in [7, 11) is 0. The number of likely N-dealkylation sites (N-methyl/N-ethyl adjacent to an activating group) is 1. The van der Waals surface area contributed by atoms with Crippen LogP contribution in [0.4, 0.5) is 0 Å². The van der Waals surface area contributed by atoms with Crippen molar-refractivity contribution < 1.29 is 4.79 Å². The van der Waals surface area contributed by atoms with Gasteiger partial charge >= 0.3 is 0 Å². The van der Waals surface area contributed by atoms with Crippen LogP contribution < -0.4 is 5.32 Å². The first-order chi connectivity index (χ1) is 11.6. The topological polar surface area (TPSA) is 35.6 Å². The molecule has 1 amide bonds. The first-order valence-corrected chi connectivity index (χ1v) is 9.45. The number of carbonyl (C=O) groups is 1. The van der Waals surface area contributed by atoms with Crippen LogP contribution in [-0.2, 0) is 11.2 Å². The third kappa shape index (κ3) is 6.08. The molecule has 2 rings (SSSR count). The van der Waals surface area contributed by atoms with Crippen molar-refractivity contribution in [1.29, 1.82) is 0 Å². The Bertz CT molecular complexity index is 500. The van der Waals surface area contributed by atoms with E-state index in [1.54, 1.807) is 0 Å². The molecule has 0 radical (unpaired) electrons. The molecule has 1 N–H and O–H groups in total. The number of nitrogens with one attached hydrogen (secondary N) is 1. The van der Waals surface area contributed by atoms with Crippen LogP contribution in [0.1, 0.15) is 32.3 Å². The second-order valence-corrected chi connectivity index (χ2v) is 6.98. The van der Waals surface area contributed by atoms with Crippen molar-refractivity contribution in [3.8, 4) is 0 Å². The number of carbonyl (C=O) groups excluding carboxylic acids is 1. The molecule has 1 aliphatic heterocycles. The molecule has 5 heteroatoms. The molecule has 1 unspecified atom stereocenters. The van der Waals surface area contributed by atoms with Crippen LogP contribution in [0.15, 0.2) is 24.3 Å². The number of nitrogens with zero attached hydrogens (tertiary/aromatic N) is 2. The van der Waals surface area contributed by atoms with Crippen LogP contribution in [0.3, 0.4) is 0 Å². The SMILES string of the molecule is CCN(CCCC(=O)N1CCNCC1)C(C)Cc1ccc(Cl)cc1. The third-order valence-corrected chi connectivity index (χ3v) is 5.03. The Labute approximate surface area is 151 Å². The average molecular weight is 352 g/mol. The zero-order valence-corrected chi connectivity index (χ0v) is 15.7. The largest absolute Gasteiger partial charge is 0.340 e. The minimum atomic E-state index is 0.304. The number of piperazine rings is 1. The van der Waals surface area contributed by atoms with Crippen molar-refractivity contribution >= 4 is 17.5 Å². The molecular formula is C19H30ClN3O. The van der Waals surface area contributed by atoms with E-state index in [0.717, 1.165) is 57.1 Å². The van der Waals surface area contributed by atoms with Gasteiger partial charge in [-0.05, 0) is 50.6 Å². The lowest BCUT2D eigenvalue weighted by Crippen LogP contribution is -2.46. The zero-order chi connectivity index (χ0) is 17.4. The van der Waals surface area contributed by atoms with Crippen LogP contribution in [0.2, 0.25) is 5.02 Å². The highest BCUT2D eigenvalue weighted by atomic mass is 35.5. The minimum Gasteiger partial charge on any atom is -0.340 e. The maximum Gasteiger partial charge on any atom is 0.222 e. The van der Waals surface area contributed by atoms with E-state index in [1.807, 2.05) is 17.0 Å². The standard InChI is InChI=1S/C19H30ClN3O/c1-3-22(16(2)15-17-6-8-18(20)9-7-17)12-4-5-19(24)23-13-10-21-11-14-23/h6-9,16,21H,3-5,10-15H2,1-2H3. The van der Waals surface area contributed by atoms with Gasteiger partial charge in [-0.15, -0.1) is 0 Å². The Hall–Kier alpha value is -1.10. The summed E-state index contributed by atoms with van der Waals surface area (Å²) < 4.78 is 0. The van der Waals surface area contributed by atoms with E-state index in [0.29, 0.717) is 18.4 Å². The summed E-state index contributed by atoms with van der Waals surface area (Å²) >= 11 is 5.95. The average Bonchev–Trinajstić information content (AvgIpc) is 2.61. The lowest BCUT2D eigenvalue weighted by Gasteiger charge is -2.29. The predicted molar refractivity (Wildman–Crippen MR) is 101 cm³/mol. The maximum atomic E-state index is 12.2. The number of rotatable bonds is 8. The van der Waals surface area contributed by atoms with Gasteiger partial charge in [0.25, 0.3) is 0 Å². The van der Waals surface area contributed by atoms with E-state index in [2.05, 4.69) is 36.2 Å². The molecule has 1 fully saturated rings. The zero-order valence-electron chi connectivity index (χ0n) is 14.9. The predicted octanol–water partition coefficient (Wildman–Crippen LogP) is 2.80. The fourth-order valence-corrected chi connectivity index (χ4v) is 3.41. The van der Waals surface area contributed by atoms with E-state index in [4.69, 9.17) is 11.6 Å². The highest BCUT2D eigenvalue weighted by Gasteiger charge is 2.17. The van der Waals surface area contributed by atoms with Crippen LogP contribution in [0, 0.1) is 0 Å². The molecule has 1 saturated heterocycles. The van der Waals surface area contributed by atoms with Crippen molar-refractivity contribution in [1.82, 2.24) is 15.1 Å². The monoisotopic (exact) mass is 351 g/mol. The Balaban J connectivity index is 1.74. The van der Waals surface area contributed by atoms with Gasteiger partial charge in [0.05, 0.1) is 0 Å². The Morgan fingerprint density at radius 1 is 1.29 bits per heavy atom. The molecule has 4 nitrogen and oxygen atoms in total. The van der Waals surface area contributed by atoms with Crippen LogP contribution in [0.5, 0.6) is 0 Å². The summed E-state index contributed by atoms with van der Waals surface area (Å²) in [6.45, 7) is 9.98. The molecule has 0 aliphatic carbocycles. The molecule has 1 aliphatic rings. The summed E-state index contributed by atoms with van der Waals surface area (Å²) in [5.41, 5.74) is 1.31. The number of benzene rings is 1. The normalized spacial score (nSPS) is 16.4. The van der Waals surface area contributed by atoms with Crippen molar-refractivity contribution in [2.24, 2.45) is 0 Å². The van der Waals surface area contributed by atoms with E-state index in [1.165, 1.54) is 5.56 Å². The van der Waals surface area contributed by atoms with Crippen molar-refractivity contribution in [2.45, 2.75) is 39.2 Å².